The lowest BCUT2D eigenvalue weighted by atomic mass is 10.2. The number of pyridine rings is 1. The minimum atomic E-state index is -0.276. The van der Waals surface area contributed by atoms with Gasteiger partial charge in [0.2, 0.25) is 0 Å². The quantitative estimate of drug-likeness (QED) is 0.678. The summed E-state index contributed by atoms with van der Waals surface area (Å²) in [6.45, 7) is 2.14. The van der Waals surface area contributed by atoms with E-state index in [1.165, 1.54) is 11.8 Å². The number of hydrogen-bond donors (Lipinski definition) is 1. The maximum atomic E-state index is 11.3. The van der Waals surface area contributed by atoms with Crippen molar-refractivity contribution >= 4 is 17.7 Å². The normalized spacial score (nSPS) is 10.2. The van der Waals surface area contributed by atoms with Crippen LogP contribution in [0.1, 0.15) is 12.5 Å². The minimum Gasteiger partial charge on any atom is -0.465 e. The Morgan fingerprint density at radius 3 is 3.11 bits per heavy atom. The molecule has 0 aromatic carbocycles. The van der Waals surface area contributed by atoms with Gasteiger partial charge in [0.25, 0.3) is 0 Å². The van der Waals surface area contributed by atoms with E-state index < -0.39 is 0 Å². The van der Waals surface area contributed by atoms with Crippen LogP contribution in [0.5, 0.6) is 0 Å². The van der Waals surface area contributed by atoms with Gasteiger partial charge in [0, 0.05) is 5.69 Å². The van der Waals surface area contributed by atoms with Crippen LogP contribution in [0, 0.1) is 11.3 Å². The van der Waals surface area contributed by atoms with Crippen LogP contribution in [-0.4, -0.2) is 23.3 Å². The van der Waals surface area contributed by atoms with Crippen LogP contribution in [0.15, 0.2) is 29.3 Å². The first-order valence-corrected chi connectivity index (χ1v) is 6.53. The highest BCUT2D eigenvalue weighted by molar-refractivity contribution is 7.99. The zero-order valence-electron chi connectivity index (χ0n) is 9.90. The standard InChI is InChI=1S/C13H12N2O2S/c1-2-17-12(16)8-18-13-10(7-14)6-9-4-3-5-11(9)15-13/h3-6,15H,2,8H2,1H3. The van der Waals surface area contributed by atoms with Gasteiger partial charge >= 0.3 is 5.97 Å². The predicted octanol–water partition coefficient (Wildman–Crippen LogP) is 2.65. The van der Waals surface area contributed by atoms with Crippen molar-refractivity contribution in [2.75, 3.05) is 12.4 Å². The number of ether oxygens (including phenoxy) is 1. The van der Waals surface area contributed by atoms with Crippen LogP contribution >= 0.6 is 11.8 Å². The van der Waals surface area contributed by atoms with Crippen molar-refractivity contribution in [2.24, 2.45) is 0 Å². The molecule has 18 heavy (non-hydrogen) atoms. The summed E-state index contributed by atoms with van der Waals surface area (Å²) in [6.07, 6.45) is 0. The summed E-state index contributed by atoms with van der Waals surface area (Å²) in [4.78, 5) is 14.4. The molecule has 0 spiro atoms. The molecule has 0 aromatic rings. The molecule has 5 heteroatoms. The van der Waals surface area contributed by atoms with Gasteiger partial charge in [0.1, 0.15) is 6.07 Å². The third kappa shape index (κ3) is 2.66. The van der Waals surface area contributed by atoms with Crippen molar-refractivity contribution in [1.82, 2.24) is 4.98 Å². The van der Waals surface area contributed by atoms with Crippen LogP contribution in [0.25, 0.3) is 11.3 Å². The fourth-order valence-corrected chi connectivity index (χ4v) is 2.40. The van der Waals surface area contributed by atoms with Gasteiger partial charge < -0.3 is 9.72 Å². The Bertz CT molecular complexity index is 571. The lowest BCUT2D eigenvalue weighted by molar-refractivity contribution is -0.139. The second-order valence-electron chi connectivity index (χ2n) is 3.61. The lowest BCUT2D eigenvalue weighted by Crippen LogP contribution is -2.07. The summed E-state index contributed by atoms with van der Waals surface area (Å²) in [7, 11) is 0. The Kier molecular flexibility index (Phi) is 3.90. The number of hydrogen-bond acceptors (Lipinski definition) is 4. The summed E-state index contributed by atoms with van der Waals surface area (Å²) in [5.41, 5.74) is 2.50. The zero-order valence-corrected chi connectivity index (χ0v) is 10.7. The number of carbonyl (C=O) groups is 1. The Labute approximate surface area is 109 Å². The molecule has 0 saturated carbocycles. The van der Waals surface area contributed by atoms with E-state index in [-0.39, 0.29) is 11.7 Å². The number of nitriles is 1. The second kappa shape index (κ2) is 5.61. The van der Waals surface area contributed by atoms with Crippen LogP contribution in [-0.2, 0) is 9.53 Å². The van der Waals surface area contributed by atoms with Gasteiger partial charge in [-0.15, -0.1) is 0 Å². The summed E-state index contributed by atoms with van der Waals surface area (Å²) < 4.78 is 4.85. The number of H-pyrrole nitrogens is 1. The molecule has 0 unspecified atom stereocenters. The average molecular weight is 260 g/mol. The molecule has 0 atom stereocenters. The highest BCUT2D eigenvalue weighted by atomic mass is 32.2. The number of nitrogens with one attached hydrogen (secondary N) is 1. The highest BCUT2D eigenvalue weighted by Crippen LogP contribution is 2.28. The Morgan fingerprint density at radius 2 is 2.39 bits per heavy atom. The Hall–Kier alpha value is -1.93. The number of aromatic nitrogens is 1. The fourth-order valence-electron chi connectivity index (χ4n) is 1.62. The first-order valence-electron chi connectivity index (χ1n) is 5.55. The van der Waals surface area contributed by atoms with E-state index in [4.69, 9.17) is 10.00 Å². The third-order valence-electron chi connectivity index (χ3n) is 2.40. The molecule has 0 aromatic heterocycles. The fraction of sp³-hybridized carbons (Fsp3) is 0.231. The first-order chi connectivity index (χ1) is 8.74. The van der Waals surface area contributed by atoms with E-state index in [9.17, 15) is 4.79 Å². The molecule has 0 saturated heterocycles. The molecule has 2 aliphatic rings. The molecule has 0 fully saturated rings. The van der Waals surface area contributed by atoms with Crippen LogP contribution in [0.3, 0.4) is 0 Å². The minimum absolute atomic E-state index is 0.200. The topological polar surface area (TPSA) is 65.9 Å². The van der Waals surface area contributed by atoms with Gasteiger partial charge in [-0.05, 0) is 24.6 Å². The Morgan fingerprint density at radius 1 is 1.56 bits per heavy atom. The van der Waals surface area contributed by atoms with Crippen molar-refractivity contribution in [2.45, 2.75) is 11.9 Å². The molecule has 0 amide bonds. The predicted molar refractivity (Wildman–Crippen MR) is 69.5 cm³/mol. The largest absolute Gasteiger partial charge is 0.465 e. The second-order valence-corrected chi connectivity index (χ2v) is 4.60. The highest BCUT2D eigenvalue weighted by Gasteiger charge is 2.12. The van der Waals surface area contributed by atoms with E-state index in [0.717, 1.165) is 11.3 Å². The van der Waals surface area contributed by atoms with Gasteiger partial charge in [-0.3, -0.25) is 4.79 Å². The van der Waals surface area contributed by atoms with Crippen molar-refractivity contribution in [3.63, 3.8) is 0 Å². The van der Waals surface area contributed by atoms with E-state index in [1.807, 2.05) is 24.3 Å². The van der Waals surface area contributed by atoms with Crippen LogP contribution in [0.2, 0.25) is 0 Å². The van der Waals surface area contributed by atoms with Crippen molar-refractivity contribution in [3.8, 4) is 17.3 Å². The van der Waals surface area contributed by atoms with E-state index in [2.05, 4.69) is 11.1 Å². The smallest absolute Gasteiger partial charge is 0.316 e. The SMILES string of the molecule is CCOC(=O)CSc1[nH]c2cccc-2cc1C#N. The molecule has 1 N–H and O–H groups in total. The number of fused-ring (bicyclic) bond motifs is 1. The summed E-state index contributed by atoms with van der Waals surface area (Å²) in [5.74, 6) is -0.0759. The average Bonchev–Trinajstić information content (AvgIpc) is 2.82. The van der Waals surface area contributed by atoms with E-state index in [0.29, 0.717) is 17.2 Å². The summed E-state index contributed by atoms with van der Waals surface area (Å²) in [6, 6.07) is 9.74. The summed E-state index contributed by atoms with van der Waals surface area (Å²) in [5, 5.41) is 9.78. The molecule has 92 valence electrons. The molecule has 0 bridgehead atoms. The van der Waals surface area contributed by atoms with Gasteiger partial charge in [-0.2, -0.15) is 5.26 Å². The Balaban J connectivity index is 2.19. The molecule has 1 heterocycles. The third-order valence-corrected chi connectivity index (χ3v) is 3.39. The molecular weight excluding hydrogens is 248 g/mol. The van der Waals surface area contributed by atoms with Crippen molar-refractivity contribution < 1.29 is 9.53 Å². The molecule has 1 aliphatic carbocycles. The first kappa shape index (κ1) is 12.5. The van der Waals surface area contributed by atoms with E-state index >= 15 is 0 Å². The van der Waals surface area contributed by atoms with E-state index in [1.54, 1.807) is 6.92 Å². The number of aromatic amines is 1. The number of nitrogens with zero attached hydrogens (tertiary/aromatic N) is 1. The number of esters is 1. The maximum absolute atomic E-state index is 11.3. The van der Waals surface area contributed by atoms with Crippen molar-refractivity contribution in [1.29, 1.82) is 5.26 Å². The molecule has 0 radical (unpaired) electrons. The molecular formula is C13H12N2O2S. The van der Waals surface area contributed by atoms with Gasteiger partial charge in [0.15, 0.2) is 0 Å². The van der Waals surface area contributed by atoms with Gasteiger partial charge in [0.05, 0.1) is 22.9 Å². The number of rotatable bonds is 4. The van der Waals surface area contributed by atoms with Crippen LogP contribution in [0.4, 0.5) is 0 Å². The monoisotopic (exact) mass is 260 g/mol. The lowest BCUT2D eigenvalue weighted by Gasteiger charge is -2.08. The molecule has 2 rings (SSSR count). The van der Waals surface area contributed by atoms with Gasteiger partial charge in [-0.25, -0.2) is 0 Å². The zero-order chi connectivity index (χ0) is 13.0. The maximum Gasteiger partial charge on any atom is 0.316 e. The van der Waals surface area contributed by atoms with Gasteiger partial charge in [-0.1, -0.05) is 23.9 Å². The molecule has 4 nitrogen and oxygen atoms in total. The number of carbonyl (C=O) groups excluding carboxylic acids is 1. The molecule has 1 aliphatic heterocycles. The van der Waals surface area contributed by atoms with Crippen LogP contribution < -0.4 is 0 Å². The summed E-state index contributed by atoms with van der Waals surface area (Å²) >= 11 is 1.29. The number of thioether (sulfide) groups is 1. The van der Waals surface area contributed by atoms with Crippen molar-refractivity contribution in [3.05, 3.63) is 29.8 Å².